The second-order valence-corrected chi connectivity index (χ2v) is 4.55. The molecule has 0 bridgehead atoms. The first kappa shape index (κ1) is 11.1. The monoisotopic (exact) mass is 254 g/mol. The lowest BCUT2D eigenvalue weighted by atomic mass is 10.0. The van der Waals surface area contributed by atoms with Gasteiger partial charge in [-0.2, -0.15) is 0 Å². The Balaban J connectivity index is 2.35. The first-order valence-electron chi connectivity index (χ1n) is 5.65. The van der Waals surface area contributed by atoms with Gasteiger partial charge in [0.2, 0.25) is 0 Å². The van der Waals surface area contributed by atoms with Crippen LogP contribution in [0.2, 0.25) is 5.02 Å². The van der Waals surface area contributed by atoms with E-state index in [4.69, 9.17) is 17.3 Å². The molecule has 0 saturated heterocycles. The molecule has 3 rings (SSSR count). The third-order valence-corrected chi connectivity index (χ3v) is 3.17. The van der Waals surface area contributed by atoms with Gasteiger partial charge < -0.3 is 5.73 Å². The van der Waals surface area contributed by atoms with E-state index in [1.54, 1.807) is 12.3 Å². The van der Waals surface area contributed by atoms with Crippen LogP contribution < -0.4 is 5.73 Å². The van der Waals surface area contributed by atoms with Crippen molar-refractivity contribution in [3.05, 3.63) is 59.8 Å². The molecule has 2 N–H and O–H groups in total. The summed E-state index contributed by atoms with van der Waals surface area (Å²) in [6.07, 6.45) is 1.78. The zero-order valence-electron chi connectivity index (χ0n) is 9.60. The summed E-state index contributed by atoms with van der Waals surface area (Å²) in [7, 11) is 0. The van der Waals surface area contributed by atoms with E-state index < -0.39 is 0 Å². The molecule has 0 atom stereocenters. The summed E-state index contributed by atoms with van der Waals surface area (Å²) in [5.41, 5.74) is 9.60. The van der Waals surface area contributed by atoms with Crippen LogP contribution in [0.5, 0.6) is 0 Å². The van der Waals surface area contributed by atoms with E-state index in [0.717, 1.165) is 22.0 Å². The standard InChI is InChI=1S/C15H11ClN2/c16-11-6-7-14(17)13(9-11)12-5-1-3-10-4-2-8-18-15(10)12/h1-9H,17H2. The van der Waals surface area contributed by atoms with E-state index in [2.05, 4.69) is 4.98 Å². The maximum absolute atomic E-state index is 6.04. The van der Waals surface area contributed by atoms with Crippen LogP contribution in [-0.4, -0.2) is 4.98 Å². The quantitative estimate of drug-likeness (QED) is 0.663. The first-order chi connectivity index (χ1) is 8.75. The highest BCUT2D eigenvalue weighted by molar-refractivity contribution is 6.31. The number of nitrogen functional groups attached to an aromatic ring is 1. The van der Waals surface area contributed by atoms with Crippen LogP contribution in [0.4, 0.5) is 5.69 Å². The van der Waals surface area contributed by atoms with E-state index in [9.17, 15) is 0 Å². The van der Waals surface area contributed by atoms with E-state index in [0.29, 0.717) is 10.7 Å². The van der Waals surface area contributed by atoms with E-state index in [1.165, 1.54) is 0 Å². The smallest absolute Gasteiger partial charge is 0.0781 e. The normalized spacial score (nSPS) is 10.7. The lowest BCUT2D eigenvalue weighted by molar-refractivity contribution is 1.41. The minimum Gasteiger partial charge on any atom is -0.398 e. The van der Waals surface area contributed by atoms with Crippen molar-refractivity contribution in [2.45, 2.75) is 0 Å². The molecule has 2 nitrogen and oxygen atoms in total. The summed E-state index contributed by atoms with van der Waals surface area (Å²) in [4.78, 5) is 4.43. The van der Waals surface area contributed by atoms with Crippen molar-refractivity contribution >= 4 is 28.2 Å². The van der Waals surface area contributed by atoms with E-state index in [1.807, 2.05) is 42.5 Å². The molecule has 88 valence electrons. The Labute approximate surface area is 110 Å². The van der Waals surface area contributed by atoms with Crippen molar-refractivity contribution in [2.24, 2.45) is 0 Å². The summed E-state index contributed by atoms with van der Waals surface area (Å²) in [6, 6.07) is 15.5. The van der Waals surface area contributed by atoms with Crippen molar-refractivity contribution in [1.82, 2.24) is 4.98 Å². The molecule has 0 unspecified atom stereocenters. The van der Waals surface area contributed by atoms with Crippen LogP contribution >= 0.6 is 11.6 Å². The third-order valence-electron chi connectivity index (χ3n) is 2.94. The average Bonchev–Trinajstić information content (AvgIpc) is 2.41. The molecule has 0 fully saturated rings. The predicted molar refractivity (Wildman–Crippen MR) is 76.6 cm³/mol. The SMILES string of the molecule is Nc1ccc(Cl)cc1-c1cccc2cccnc12. The maximum Gasteiger partial charge on any atom is 0.0781 e. The Morgan fingerprint density at radius 2 is 1.78 bits per heavy atom. The zero-order valence-corrected chi connectivity index (χ0v) is 10.4. The van der Waals surface area contributed by atoms with Crippen molar-refractivity contribution < 1.29 is 0 Å². The number of hydrogen-bond donors (Lipinski definition) is 1. The highest BCUT2D eigenvalue weighted by Crippen LogP contribution is 2.32. The number of pyridine rings is 1. The molecule has 1 heterocycles. The van der Waals surface area contributed by atoms with Crippen molar-refractivity contribution in [2.75, 3.05) is 5.73 Å². The molecule has 3 heteroatoms. The molecule has 0 radical (unpaired) electrons. The molecule has 0 saturated carbocycles. The number of fused-ring (bicyclic) bond motifs is 1. The van der Waals surface area contributed by atoms with E-state index in [-0.39, 0.29) is 0 Å². The zero-order chi connectivity index (χ0) is 12.5. The molecular weight excluding hydrogens is 244 g/mol. The number of nitrogens with two attached hydrogens (primary N) is 1. The molecular formula is C15H11ClN2. The fourth-order valence-corrected chi connectivity index (χ4v) is 2.26. The molecule has 3 aromatic rings. The summed E-state index contributed by atoms with van der Waals surface area (Å²) >= 11 is 6.04. The third kappa shape index (κ3) is 1.81. The average molecular weight is 255 g/mol. The van der Waals surface area contributed by atoms with Crippen molar-refractivity contribution in [3.63, 3.8) is 0 Å². The summed E-state index contributed by atoms with van der Waals surface area (Å²) in [6.45, 7) is 0. The summed E-state index contributed by atoms with van der Waals surface area (Å²) in [5, 5.41) is 1.77. The first-order valence-corrected chi connectivity index (χ1v) is 6.02. The van der Waals surface area contributed by atoms with Crippen molar-refractivity contribution in [1.29, 1.82) is 0 Å². The Hall–Kier alpha value is -2.06. The molecule has 18 heavy (non-hydrogen) atoms. The van der Waals surface area contributed by atoms with Crippen LogP contribution in [0.1, 0.15) is 0 Å². The van der Waals surface area contributed by atoms with Gasteiger partial charge in [0.1, 0.15) is 0 Å². The van der Waals surface area contributed by atoms with Gasteiger partial charge in [-0.15, -0.1) is 0 Å². The Morgan fingerprint density at radius 3 is 2.67 bits per heavy atom. The van der Waals surface area contributed by atoms with Crippen LogP contribution in [0.3, 0.4) is 0 Å². The van der Waals surface area contributed by atoms with Crippen LogP contribution in [0, 0.1) is 0 Å². The molecule has 0 spiro atoms. The Morgan fingerprint density at radius 1 is 0.944 bits per heavy atom. The number of hydrogen-bond acceptors (Lipinski definition) is 2. The minimum absolute atomic E-state index is 0.673. The molecule has 1 aromatic heterocycles. The highest BCUT2D eigenvalue weighted by Gasteiger charge is 2.08. The lowest BCUT2D eigenvalue weighted by Crippen LogP contribution is -1.91. The van der Waals surface area contributed by atoms with Gasteiger partial charge >= 0.3 is 0 Å². The van der Waals surface area contributed by atoms with Crippen LogP contribution in [0.25, 0.3) is 22.0 Å². The van der Waals surface area contributed by atoms with Crippen LogP contribution in [-0.2, 0) is 0 Å². The second kappa shape index (κ2) is 4.31. The van der Waals surface area contributed by atoms with Crippen molar-refractivity contribution in [3.8, 4) is 11.1 Å². The number of benzene rings is 2. The van der Waals surface area contributed by atoms with Crippen LogP contribution in [0.15, 0.2) is 54.7 Å². The largest absolute Gasteiger partial charge is 0.398 e. The fourth-order valence-electron chi connectivity index (χ4n) is 2.08. The lowest BCUT2D eigenvalue weighted by Gasteiger charge is -2.09. The van der Waals surface area contributed by atoms with Gasteiger partial charge in [-0.1, -0.05) is 35.9 Å². The molecule has 0 aliphatic rings. The van der Waals surface area contributed by atoms with Gasteiger partial charge in [0.15, 0.2) is 0 Å². The maximum atomic E-state index is 6.04. The summed E-state index contributed by atoms with van der Waals surface area (Å²) in [5.74, 6) is 0. The number of anilines is 1. The molecule has 2 aromatic carbocycles. The summed E-state index contributed by atoms with van der Waals surface area (Å²) < 4.78 is 0. The number of nitrogens with zero attached hydrogens (tertiary/aromatic N) is 1. The highest BCUT2D eigenvalue weighted by atomic mass is 35.5. The van der Waals surface area contributed by atoms with Gasteiger partial charge in [-0.05, 0) is 24.3 Å². The van der Waals surface area contributed by atoms with E-state index >= 15 is 0 Å². The second-order valence-electron chi connectivity index (χ2n) is 4.11. The Bertz CT molecular complexity index is 717. The minimum atomic E-state index is 0.673. The number of aromatic nitrogens is 1. The van der Waals surface area contributed by atoms with Gasteiger partial charge in [-0.3, -0.25) is 4.98 Å². The number of rotatable bonds is 1. The molecule has 0 aliphatic heterocycles. The number of para-hydroxylation sites is 1. The molecule has 0 amide bonds. The molecule has 0 aliphatic carbocycles. The predicted octanol–water partition coefficient (Wildman–Crippen LogP) is 4.14. The van der Waals surface area contributed by atoms with Gasteiger partial charge in [0.25, 0.3) is 0 Å². The topological polar surface area (TPSA) is 38.9 Å². The Kier molecular flexibility index (Phi) is 2.65. The van der Waals surface area contributed by atoms with Gasteiger partial charge in [0, 0.05) is 33.4 Å². The van der Waals surface area contributed by atoms with Gasteiger partial charge in [-0.25, -0.2) is 0 Å². The fraction of sp³-hybridized carbons (Fsp3) is 0. The van der Waals surface area contributed by atoms with Gasteiger partial charge in [0.05, 0.1) is 5.52 Å². The number of halogens is 1.